The van der Waals surface area contributed by atoms with Gasteiger partial charge >= 0.3 is 0 Å². The minimum atomic E-state index is -0.580. The molecule has 1 amide bonds. The summed E-state index contributed by atoms with van der Waals surface area (Å²) in [4.78, 5) is 13.7. The van der Waals surface area contributed by atoms with Gasteiger partial charge in [-0.2, -0.15) is 4.68 Å². The summed E-state index contributed by atoms with van der Waals surface area (Å²) in [5, 5.41) is 18.7. The molecule has 2 heterocycles. The predicted molar refractivity (Wildman–Crippen MR) is 143 cm³/mol. The van der Waals surface area contributed by atoms with Crippen LogP contribution in [0.4, 0.5) is 11.6 Å². The van der Waals surface area contributed by atoms with Crippen molar-refractivity contribution in [3.63, 3.8) is 0 Å². The smallest absolute Gasteiger partial charge is 0.255 e. The number of amides is 1. The number of carbonyl (C=O) groups is 1. The van der Waals surface area contributed by atoms with Gasteiger partial charge in [-0.05, 0) is 64.9 Å². The van der Waals surface area contributed by atoms with Gasteiger partial charge in [0.15, 0.2) is 0 Å². The molecule has 4 aromatic rings. The summed E-state index contributed by atoms with van der Waals surface area (Å²) in [6.07, 6.45) is 0. The number of carbonyl (C=O) groups excluding carboxylic acids is 1. The summed E-state index contributed by atoms with van der Waals surface area (Å²) >= 11 is 5.96. The first kappa shape index (κ1) is 25.1. The van der Waals surface area contributed by atoms with Crippen molar-refractivity contribution >= 4 is 29.1 Å². The lowest BCUT2D eigenvalue weighted by Gasteiger charge is -2.28. The minimum absolute atomic E-state index is 0.337. The maximum Gasteiger partial charge on any atom is 0.255 e. The average Bonchev–Trinajstić information content (AvgIpc) is 3.40. The van der Waals surface area contributed by atoms with Crippen molar-refractivity contribution in [3.8, 4) is 17.2 Å². The average molecular weight is 533 g/mol. The minimum Gasteiger partial charge on any atom is -0.497 e. The highest BCUT2D eigenvalue weighted by Gasteiger charge is 2.34. The second-order valence-electron chi connectivity index (χ2n) is 8.52. The van der Waals surface area contributed by atoms with E-state index < -0.39 is 6.04 Å². The van der Waals surface area contributed by atoms with Crippen LogP contribution in [0.25, 0.3) is 0 Å². The second kappa shape index (κ2) is 10.8. The van der Waals surface area contributed by atoms with Crippen LogP contribution >= 0.6 is 11.6 Å². The lowest BCUT2D eigenvalue weighted by Crippen LogP contribution is -2.31. The van der Waals surface area contributed by atoms with Gasteiger partial charge in [-0.25, -0.2) is 0 Å². The highest BCUT2D eigenvalue weighted by atomic mass is 35.5. The van der Waals surface area contributed by atoms with Crippen molar-refractivity contribution in [1.82, 2.24) is 20.2 Å². The van der Waals surface area contributed by atoms with E-state index in [9.17, 15) is 4.79 Å². The van der Waals surface area contributed by atoms with E-state index in [1.807, 2.05) is 55.5 Å². The Morgan fingerprint density at radius 3 is 2.47 bits per heavy atom. The zero-order valence-corrected chi connectivity index (χ0v) is 21.7. The number of nitrogens with zero attached hydrogens (tertiary/aromatic N) is 4. The number of aromatic nitrogens is 4. The maximum absolute atomic E-state index is 13.7. The van der Waals surface area contributed by atoms with Crippen LogP contribution in [0.3, 0.4) is 0 Å². The fourth-order valence-corrected chi connectivity index (χ4v) is 4.34. The number of allylic oxidation sites excluding steroid dienone is 1. The van der Waals surface area contributed by atoms with Crippen molar-refractivity contribution in [3.05, 3.63) is 94.1 Å². The van der Waals surface area contributed by atoms with Crippen molar-refractivity contribution < 1.29 is 19.0 Å². The molecule has 0 unspecified atom stereocenters. The molecular weight excluding hydrogens is 508 g/mol. The van der Waals surface area contributed by atoms with E-state index in [0.29, 0.717) is 51.8 Å². The molecule has 0 bridgehead atoms. The van der Waals surface area contributed by atoms with E-state index in [0.717, 1.165) is 11.1 Å². The molecule has 10 nitrogen and oxygen atoms in total. The van der Waals surface area contributed by atoms with Gasteiger partial charge in [0.05, 0.1) is 25.5 Å². The summed E-state index contributed by atoms with van der Waals surface area (Å²) in [5.74, 6) is 1.87. The van der Waals surface area contributed by atoms with Crippen LogP contribution in [-0.2, 0) is 11.4 Å². The molecule has 0 saturated carbocycles. The van der Waals surface area contributed by atoms with E-state index in [1.165, 1.54) is 7.11 Å². The molecule has 1 atom stereocenters. The number of hydrogen-bond donors (Lipinski definition) is 2. The van der Waals surface area contributed by atoms with Crippen molar-refractivity contribution in [2.24, 2.45) is 0 Å². The van der Waals surface area contributed by atoms with Crippen LogP contribution in [0.5, 0.6) is 17.2 Å². The quantitative estimate of drug-likeness (QED) is 0.331. The second-order valence-corrected chi connectivity index (χ2v) is 8.95. The summed E-state index contributed by atoms with van der Waals surface area (Å²) in [6.45, 7) is 2.21. The zero-order valence-electron chi connectivity index (χ0n) is 20.9. The Balaban J connectivity index is 1.42. The van der Waals surface area contributed by atoms with Crippen molar-refractivity contribution in [2.45, 2.75) is 19.6 Å². The molecule has 11 heteroatoms. The van der Waals surface area contributed by atoms with Crippen LogP contribution in [0.2, 0.25) is 5.02 Å². The number of rotatable bonds is 8. The molecule has 0 spiro atoms. The first-order chi connectivity index (χ1) is 18.5. The molecule has 1 aliphatic heterocycles. The van der Waals surface area contributed by atoms with Gasteiger partial charge in [0, 0.05) is 16.8 Å². The van der Waals surface area contributed by atoms with Gasteiger partial charge in [-0.3, -0.25) is 4.79 Å². The van der Waals surface area contributed by atoms with Gasteiger partial charge in [0.2, 0.25) is 5.95 Å². The van der Waals surface area contributed by atoms with E-state index >= 15 is 0 Å². The van der Waals surface area contributed by atoms with Crippen LogP contribution in [-0.4, -0.2) is 40.3 Å². The summed E-state index contributed by atoms with van der Waals surface area (Å²) in [6, 6.07) is 19.6. The fraction of sp³-hybridized carbons (Fsp3) is 0.185. The van der Waals surface area contributed by atoms with E-state index in [-0.39, 0.29) is 5.91 Å². The first-order valence-electron chi connectivity index (χ1n) is 11.7. The predicted octanol–water partition coefficient (Wildman–Crippen LogP) is 4.85. The monoisotopic (exact) mass is 532 g/mol. The Morgan fingerprint density at radius 1 is 1.03 bits per heavy atom. The van der Waals surface area contributed by atoms with E-state index in [4.69, 9.17) is 25.8 Å². The molecule has 3 aromatic carbocycles. The molecular formula is C27H25ClN6O4. The highest BCUT2D eigenvalue weighted by molar-refractivity contribution is 6.30. The molecule has 5 rings (SSSR count). The molecule has 0 fully saturated rings. The summed E-state index contributed by atoms with van der Waals surface area (Å²) in [7, 11) is 3.10. The third-order valence-corrected chi connectivity index (χ3v) is 6.38. The standard InChI is InChI=1S/C27H25ClN6O4/c1-16-24(26(35)30-22-14-21(36-2)12-13-23(22)37-3)25(34-27(29-16)31-32-33-34)18-6-10-20(11-7-18)38-15-17-4-8-19(28)9-5-17/h4-14,25H,15H2,1-3H3,(H,30,35)(H,29,31,33)/t25-/m0/s1. The van der Waals surface area contributed by atoms with Crippen LogP contribution in [0.15, 0.2) is 78.0 Å². The number of fused-ring (bicyclic) bond motifs is 1. The number of anilines is 2. The van der Waals surface area contributed by atoms with Crippen molar-refractivity contribution in [1.29, 1.82) is 0 Å². The van der Waals surface area contributed by atoms with Gasteiger partial charge in [0.25, 0.3) is 5.91 Å². The normalized spacial score (nSPS) is 14.4. The van der Waals surface area contributed by atoms with Gasteiger partial charge in [-0.1, -0.05) is 41.0 Å². The molecule has 0 radical (unpaired) electrons. The number of benzene rings is 3. The van der Waals surface area contributed by atoms with E-state index in [1.54, 1.807) is 30.0 Å². The molecule has 194 valence electrons. The SMILES string of the molecule is COc1ccc(OC)c(NC(=O)C2=C(C)Nc3nnnn3[C@H]2c2ccc(OCc3ccc(Cl)cc3)cc2)c1. The molecule has 0 saturated heterocycles. The van der Waals surface area contributed by atoms with E-state index in [2.05, 4.69) is 26.2 Å². The highest BCUT2D eigenvalue weighted by Crippen LogP contribution is 2.37. The lowest BCUT2D eigenvalue weighted by molar-refractivity contribution is -0.113. The number of tetrazole rings is 1. The Morgan fingerprint density at radius 2 is 1.76 bits per heavy atom. The molecule has 38 heavy (non-hydrogen) atoms. The van der Waals surface area contributed by atoms with Gasteiger partial charge in [0.1, 0.15) is 29.9 Å². The molecule has 1 aliphatic rings. The topological polar surface area (TPSA) is 112 Å². The number of hydrogen-bond acceptors (Lipinski definition) is 8. The first-order valence-corrected chi connectivity index (χ1v) is 12.1. The Labute approximate surface area is 224 Å². The van der Waals surface area contributed by atoms with Crippen LogP contribution in [0, 0.1) is 0 Å². The van der Waals surface area contributed by atoms with Crippen molar-refractivity contribution in [2.75, 3.05) is 24.9 Å². The zero-order chi connectivity index (χ0) is 26.6. The fourth-order valence-electron chi connectivity index (χ4n) is 4.21. The van der Waals surface area contributed by atoms with Crippen LogP contribution in [0.1, 0.15) is 24.1 Å². The summed E-state index contributed by atoms with van der Waals surface area (Å²) in [5.41, 5.74) is 3.36. The molecule has 2 N–H and O–H groups in total. The number of halogens is 1. The number of ether oxygens (including phenoxy) is 3. The van der Waals surface area contributed by atoms with Gasteiger partial charge in [-0.15, -0.1) is 0 Å². The van der Waals surface area contributed by atoms with Gasteiger partial charge < -0.3 is 24.8 Å². The largest absolute Gasteiger partial charge is 0.497 e. The Bertz CT molecular complexity index is 1480. The maximum atomic E-state index is 13.7. The Hall–Kier alpha value is -4.57. The molecule has 1 aromatic heterocycles. The number of methoxy groups -OCH3 is 2. The number of nitrogens with one attached hydrogen (secondary N) is 2. The third-order valence-electron chi connectivity index (χ3n) is 6.13. The Kier molecular flexibility index (Phi) is 7.14. The third kappa shape index (κ3) is 5.12. The summed E-state index contributed by atoms with van der Waals surface area (Å²) < 4.78 is 18.3. The lowest BCUT2D eigenvalue weighted by atomic mass is 9.95. The molecule has 0 aliphatic carbocycles. The van der Waals surface area contributed by atoms with Crippen LogP contribution < -0.4 is 24.8 Å².